The molecule has 0 bridgehead atoms. The molecule has 2 unspecified atom stereocenters. The van der Waals surface area contributed by atoms with Crippen molar-refractivity contribution in [3.8, 4) is 0 Å². The van der Waals surface area contributed by atoms with Crippen LogP contribution in [0, 0.1) is 0 Å². The molecule has 36 heavy (non-hydrogen) atoms. The van der Waals surface area contributed by atoms with Gasteiger partial charge in [-0.2, -0.15) is 0 Å². The van der Waals surface area contributed by atoms with Crippen molar-refractivity contribution in [3.05, 3.63) is 78.5 Å². The molecule has 192 valence electrons. The Balaban J connectivity index is 2.40. The topological polar surface area (TPSA) is 135 Å². The highest BCUT2D eigenvalue weighted by Gasteiger charge is 2.42. The van der Waals surface area contributed by atoms with E-state index in [4.69, 9.17) is 43.1 Å². The quantitative estimate of drug-likeness (QED) is 0.511. The molecule has 1 aromatic heterocycles. The average Bonchev–Trinajstić information content (AvgIpc) is 2.84. The molecule has 2 aromatic rings. The summed E-state index contributed by atoms with van der Waals surface area (Å²) in [5.74, 6) is -2.52. The Bertz CT molecular complexity index is 1330. The number of dihydropyridines is 1. The van der Waals surface area contributed by atoms with E-state index in [1.807, 2.05) is 0 Å². The molecule has 0 fully saturated rings. The first-order chi connectivity index (χ1) is 17.1. The number of carbonyl (C=O) groups excluding carboxylic acids is 2. The maximum Gasteiger partial charge on any atom is 0.336 e. The van der Waals surface area contributed by atoms with Gasteiger partial charge in [0.25, 0.3) is 5.56 Å². The molecule has 12 heteroatoms. The molecule has 3 rings (SSSR count). The number of anilines is 1. The number of methoxy groups -OCH3 is 2. The Labute approximate surface area is 217 Å². The summed E-state index contributed by atoms with van der Waals surface area (Å²) in [7, 11) is 4.09. The van der Waals surface area contributed by atoms with E-state index in [0.29, 0.717) is 11.3 Å². The van der Waals surface area contributed by atoms with Crippen molar-refractivity contribution in [2.24, 2.45) is 7.05 Å². The molecule has 2 atom stereocenters. The second-order valence-electron chi connectivity index (χ2n) is 7.83. The number of nitrogen functional groups attached to an aromatic ring is 1. The largest absolute Gasteiger partial charge is 0.466 e. The standard InChI is InChI=1S/C24H26Cl2N4O6/c1-6-36-23(33)18-17(12-8-7-9-13(25)19(12)26)16(22(32)35-5)11(2)28-20(18)21(34-4)14-10-15(31)30(3)24(27)29-14/h7-10,17,21,28H,6H2,1-5H3,(H2,27,29). The molecule has 0 amide bonds. The number of allylic oxidation sites excluding steroid dienone is 1. The van der Waals surface area contributed by atoms with E-state index >= 15 is 0 Å². The number of aromatic nitrogens is 2. The maximum atomic E-state index is 13.5. The number of nitrogens with two attached hydrogens (primary N) is 1. The van der Waals surface area contributed by atoms with Gasteiger partial charge < -0.3 is 25.3 Å². The van der Waals surface area contributed by atoms with Crippen LogP contribution in [-0.4, -0.2) is 42.3 Å². The number of halogens is 2. The lowest BCUT2D eigenvalue weighted by Gasteiger charge is -2.34. The van der Waals surface area contributed by atoms with Crippen LogP contribution in [0.2, 0.25) is 10.0 Å². The van der Waals surface area contributed by atoms with Crippen LogP contribution in [-0.2, 0) is 30.8 Å². The zero-order valence-electron chi connectivity index (χ0n) is 20.3. The summed E-state index contributed by atoms with van der Waals surface area (Å²) in [4.78, 5) is 43.1. The molecule has 10 nitrogen and oxygen atoms in total. The zero-order valence-corrected chi connectivity index (χ0v) is 21.9. The van der Waals surface area contributed by atoms with E-state index in [9.17, 15) is 14.4 Å². The molecular formula is C24H26Cl2N4O6. The lowest BCUT2D eigenvalue weighted by molar-refractivity contribution is -0.139. The Morgan fingerprint density at radius 1 is 1.22 bits per heavy atom. The molecule has 2 heterocycles. The molecule has 1 aliphatic rings. The fourth-order valence-corrected chi connectivity index (χ4v) is 4.45. The fraction of sp³-hybridized carbons (Fsp3) is 0.333. The number of ether oxygens (including phenoxy) is 3. The van der Waals surface area contributed by atoms with Crippen molar-refractivity contribution in [1.82, 2.24) is 14.9 Å². The molecular weight excluding hydrogens is 511 g/mol. The number of hydrogen-bond acceptors (Lipinski definition) is 9. The maximum absolute atomic E-state index is 13.5. The summed E-state index contributed by atoms with van der Waals surface area (Å²) in [5.41, 5.74) is 6.71. The lowest BCUT2D eigenvalue weighted by atomic mass is 9.79. The fourth-order valence-electron chi connectivity index (χ4n) is 4.03. The van der Waals surface area contributed by atoms with E-state index in [0.717, 1.165) is 0 Å². The van der Waals surface area contributed by atoms with Crippen molar-refractivity contribution in [3.63, 3.8) is 0 Å². The molecule has 0 spiro atoms. The molecule has 1 aromatic carbocycles. The third-order valence-corrected chi connectivity index (χ3v) is 6.58. The Hall–Kier alpha value is -3.34. The van der Waals surface area contributed by atoms with Gasteiger partial charge in [0.15, 0.2) is 0 Å². The first kappa shape index (κ1) is 27.3. The molecule has 1 aliphatic heterocycles. The van der Waals surface area contributed by atoms with Crippen molar-refractivity contribution in [1.29, 1.82) is 0 Å². The highest BCUT2D eigenvalue weighted by atomic mass is 35.5. The highest BCUT2D eigenvalue weighted by Crippen LogP contribution is 2.45. The first-order valence-electron chi connectivity index (χ1n) is 10.8. The van der Waals surface area contributed by atoms with Crippen LogP contribution in [0.5, 0.6) is 0 Å². The van der Waals surface area contributed by atoms with Gasteiger partial charge in [-0.15, -0.1) is 0 Å². The molecule has 0 radical (unpaired) electrons. The normalized spacial score (nSPS) is 16.5. The van der Waals surface area contributed by atoms with Crippen LogP contribution in [0.4, 0.5) is 5.95 Å². The van der Waals surface area contributed by atoms with Gasteiger partial charge in [0.1, 0.15) is 6.10 Å². The molecule has 3 N–H and O–H groups in total. The zero-order chi connectivity index (χ0) is 26.7. The van der Waals surface area contributed by atoms with Crippen molar-refractivity contribution < 1.29 is 23.8 Å². The number of carbonyl (C=O) groups is 2. The minimum atomic E-state index is -1.06. The van der Waals surface area contributed by atoms with E-state index in [2.05, 4.69) is 10.3 Å². The third-order valence-electron chi connectivity index (χ3n) is 5.74. The van der Waals surface area contributed by atoms with Crippen molar-refractivity contribution >= 4 is 41.1 Å². The summed E-state index contributed by atoms with van der Waals surface area (Å²) in [6, 6.07) is 6.13. The van der Waals surface area contributed by atoms with Gasteiger partial charge in [0, 0.05) is 25.9 Å². The second-order valence-corrected chi connectivity index (χ2v) is 8.62. The number of nitrogens with one attached hydrogen (secondary N) is 1. The smallest absolute Gasteiger partial charge is 0.336 e. The highest BCUT2D eigenvalue weighted by molar-refractivity contribution is 6.42. The van der Waals surface area contributed by atoms with E-state index in [1.165, 1.54) is 31.9 Å². The minimum absolute atomic E-state index is 0.0138. The van der Waals surface area contributed by atoms with E-state index < -0.39 is 29.5 Å². The van der Waals surface area contributed by atoms with Gasteiger partial charge >= 0.3 is 11.9 Å². The van der Waals surface area contributed by atoms with Crippen LogP contribution < -0.4 is 16.6 Å². The Morgan fingerprint density at radius 3 is 2.50 bits per heavy atom. The number of benzene rings is 1. The number of nitrogens with zero attached hydrogens (tertiary/aromatic N) is 2. The molecule has 0 aliphatic carbocycles. The predicted octanol–water partition coefficient (Wildman–Crippen LogP) is 3.01. The van der Waals surface area contributed by atoms with Crippen molar-refractivity contribution in [2.75, 3.05) is 26.6 Å². The van der Waals surface area contributed by atoms with E-state index in [-0.39, 0.29) is 45.1 Å². The van der Waals surface area contributed by atoms with Crippen LogP contribution >= 0.6 is 23.2 Å². The van der Waals surface area contributed by atoms with Crippen LogP contribution in [0.1, 0.15) is 37.1 Å². The summed E-state index contributed by atoms with van der Waals surface area (Å²) in [5, 5.41) is 3.45. The minimum Gasteiger partial charge on any atom is -0.466 e. The van der Waals surface area contributed by atoms with Crippen LogP contribution in [0.3, 0.4) is 0 Å². The van der Waals surface area contributed by atoms with Crippen LogP contribution in [0.15, 0.2) is 51.6 Å². The Morgan fingerprint density at radius 2 is 1.92 bits per heavy atom. The predicted molar refractivity (Wildman–Crippen MR) is 134 cm³/mol. The van der Waals surface area contributed by atoms with Gasteiger partial charge in [-0.1, -0.05) is 35.3 Å². The summed E-state index contributed by atoms with van der Waals surface area (Å²) >= 11 is 12.9. The molecule has 0 saturated carbocycles. The third kappa shape index (κ3) is 4.97. The van der Waals surface area contributed by atoms with Crippen molar-refractivity contribution in [2.45, 2.75) is 25.9 Å². The van der Waals surface area contributed by atoms with Gasteiger partial charge in [-0.05, 0) is 25.5 Å². The monoisotopic (exact) mass is 536 g/mol. The van der Waals surface area contributed by atoms with Crippen LogP contribution in [0.25, 0.3) is 0 Å². The van der Waals surface area contributed by atoms with Gasteiger partial charge in [-0.3, -0.25) is 9.36 Å². The first-order valence-corrected chi connectivity index (χ1v) is 11.6. The number of esters is 2. The van der Waals surface area contributed by atoms with Gasteiger partial charge in [0.2, 0.25) is 5.95 Å². The lowest BCUT2D eigenvalue weighted by Crippen LogP contribution is -2.36. The Kier molecular flexibility index (Phi) is 8.44. The SMILES string of the molecule is CCOC(=O)C1=C(C(OC)c2cc(=O)n(C)c(N)n2)NC(C)=C(C(=O)OC)C1c1cccc(Cl)c1Cl. The second kappa shape index (κ2) is 11.2. The average molecular weight is 537 g/mol. The van der Waals surface area contributed by atoms with E-state index in [1.54, 1.807) is 32.0 Å². The summed E-state index contributed by atoms with van der Waals surface area (Å²) in [6.07, 6.45) is -1.06. The van der Waals surface area contributed by atoms with Gasteiger partial charge in [-0.25, -0.2) is 14.6 Å². The summed E-state index contributed by atoms with van der Waals surface area (Å²) in [6.45, 7) is 3.34. The van der Waals surface area contributed by atoms with Gasteiger partial charge in [0.05, 0.1) is 52.2 Å². The number of hydrogen-bond donors (Lipinski definition) is 2. The molecule has 0 saturated heterocycles. The number of rotatable bonds is 7. The summed E-state index contributed by atoms with van der Waals surface area (Å²) < 4.78 is 17.3.